The third-order valence-electron chi connectivity index (χ3n) is 3.33. The Morgan fingerprint density at radius 3 is 2.94 bits per heavy atom. The Morgan fingerprint density at radius 2 is 2.28 bits per heavy atom. The SMILES string of the molecule is CSC[C@H]1O[C@@H](n2cc(C)c(=O)[nH]c2=O)C[C@@H]1C. The number of ether oxygens (including phenoxy) is 1. The summed E-state index contributed by atoms with van der Waals surface area (Å²) in [5.41, 5.74) is -0.199. The van der Waals surface area contributed by atoms with Crippen LogP contribution in [0.1, 0.15) is 25.1 Å². The van der Waals surface area contributed by atoms with E-state index in [1.54, 1.807) is 24.9 Å². The predicted octanol–water partition coefficient (Wildman–Crippen LogP) is 1.13. The Morgan fingerprint density at radius 1 is 1.56 bits per heavy atom. The number of hydrogen-bond acceptors (Lipinski definition) is 4. The molecule has 0 saturated carbocycles. The number of nitrogens with zero attached hydrogens (tertiary/aromatic N) is 1. The molecule has 2 rings (SSSR count). The van der Waals surface area contributed by atoms with Crippen LogP contribution in [0.15, 0.2) is 15.8 Å². The first-order valence-electron chi connectivity index (χ1n) is 5.99. The van der Waals surface area contributed by atoms with E-state index in [0.717, 1.165) is 12.2 Å². The van der Waals surface area contributed by atoms with Crippen molar-refractivity contribution in [3.05, 3.63) is 32.6 Å². The van der Waals surface area contributed by atoms with Crippen LogP contribution in [-0.4, -0.2) is 27.7 Å². The Bertz CT molecular complexity index is 537. The molecule has 3 atom stereocenters. The Balaban J connectivity index is 2.26. The molecule has 0 aliphatic carbocycles. The summed E-state index contributed by atoms with van der Waals surface area (Å²) in [5.74, 6) is 1.34. The van der Waals surface area contributed by atoms with E-state index in [1.807, 2.05) is 6.26 Å². The monoisotopic (exact) mass is 270 g/mol. The van der Waals surface area contributed by atoms with E-state index in [2.05, 4.69) is 11.9 Å². The van der Waals surface area contributed by atoms with Crippen LogP contribution in [0.4, 0.5) is 0 Å². The Kier molecular flexibility index (Phi) is 3.97. The molecule has 1 aromatic heterocycles. The first-order chi connectivity index (χ1) is 8.52. The highest BCUT2D eigenvalue weighted by Gasteiger charge is 2.33. The van der Waals surface area contributed by atoms with Crippen LogP contribution in [0.2, 0.25) is 0 Å². The molecule has 1 aliphatic heterocycles. The quantitative estimate of drug-likeness (QED) is 0.894. The van der Waals surface area contributed by atoms with Crippen LogP contribution in [0, 0.1) is 12.8 Å². The highest BCUT2D eigenvalue weighted by Crippen LogP contribution is 2.33. The fourth-order valence-electron chi connectivity index (χ4n) is 2.21. The third kappa shape index (κ3) is 2.54. The zero-order chi connectivity index (χ0) is 13.3. The summed E-state index contributed by atoms with van der Waals surface area (Å²) in [7, 11) is 0. The molecule has 1 aromatic rings. The average Bonchev–Trinajstić information content (AvgIpc) is 2.66. The molecular formula is C12H18N2O3S. The zero-order valence-electron chi connectivity index (χ0n) is 10.8. The molecule has 0 bridgehead atoms. The number of rotatable bonds is 3. The van der Waals surface area contributed by atoms with E-state index in [-0.39, 0.29) is 17.9 Å². The molecule has 6 heteroatoms. The first kappa shape index (κ1) is 13.4. The molecule has 100 valence electrons. The molecular weight excluding hydrogens is 252 g/mol. The van der Waals surface area contributed by atoms with Gasteiger partial charge in [0.2, 0.25) is 0 Å². The maximum atomic E-state index is 11.8. The minimum Gasteiger partial charge on any atom is -0.353 e. The van der Waals surface area contributed by atoms with Gasteiger partial charge in [-0.15, -0.1) is 0 Å². The van der Waals surface area contributed by atoms with Crippen LogP contribution >= 0.6 is 11.8 Å². The van der Waals surface area contributed by atoms with Gasteiger partial charge >= 0.3 is 5.69 Å². The van der Waals surface area contributed by atoms with Crippen molar-refractivity contribution in [1.29, 1.82) is 0 Å². The zero-order valence-corrected chi connectivity index (χ0v) is 11.6. The molecule has 18 heavy (non-hydrogen) atoms. The fraction of sp³-hybridized carbons (Fsp3) is 0.667. The molecule has 5 nitrogen and oxygen atoms in total. The van der Waals surface area contributed by atoms with Crippen LogP contribution in [0.3, 0.4) is 0 Å². The number of aryl methyl sites for hydroxylation is 1. The van der Waals surface area contributed by atoms with E-state index < -0.39 is 5.69 Å². The predicted molar refractivity (Wildman–Crippen MR) is 72.1 cm³/mol. The Labute approximate surface area is 110 Å². The van der Waals surface area contributed by atoms with Gasteiger partial charge in [0.15, 0.2) is 0 Å². The average molecular weight is 270 g/mol. The lowest BCUT2D eigenvalue weighted by Gasteiger charge is -2.15. The standard InChI is InChI=1S/C12H18N2O3S/c1-7-4-10(17-9(7)6-18-3)14-5-8(2)11(15)13-12(14)16/h5,7,9-10H,4,6H2,1-3H3,(H,13,15,16)/t7-,9+,10+/m0/s1. The third-order valence-corrected chi connectivity index (χ3v) is 3.99. The largest absolute Gasteiger partial charge is 0.353 e. The highest BCUT2D eigenvalue weighted by atomic mass is 32.2. The van der Waals surface area contributed by atoms with Gasteiger partial charge in [-0.3, -0.25) is 14.3 Å². The number of H-pyrrole nitrogens is 1. The lowest BCUT2D eigenvalue weighted by Crippen LogP contribution is -2.33. The van der Waals surface area contributed by atoms with E-state index in [9.17, 15) is 9.59 Å². The molecule has 0 aromatic carbocycles. The minimum atomic E-state index is -0.396. The van der Waals surface area contributed by atoms with E-state index in [4.69, 9.17) is 4.74 Å². The van der Waals surface area contributed by atoms with Gasteiger partial charge in [-0.1, -0.05) is 6.92 Å². The van der Waals surface area contributed by atoms with E-state index >= 15 is 0 Å². The lowest BCUT2D eigenvalue weighted by molar-refractivity contribution is 0.00526. The van der Waals surface area contributed by atoms with Crippen molar-refractivity contribution >= 4 is 11.8 Å². The number of aromatic amines is 1. The van der Waals surface area contributed by atoms with Gasteiger partial charge in [0, 0.05) is 17.5 Å². The summed E-state index contributed by atoms with van der Waals surface area (Å²) in [5, 5.41) is 0. The lowest BCUT2D eigenvalue weighted by atomic mass is 10.1. The molecule has 1 saturated heterocycles. The van der Waals surface area contributed by atoms with E-state index in [1.165, 1.54) is 4.57 Å². The van der Waals surface area contributed by atoms with Crippen molar-refractivity contribution < 1.29 is 4.74 Å². The normalized spacial score (nSPS) is 27.6. The van der Waals surface area contributed by atoms with Gasteiger partial charge in [-0.25, -0.2) is 4.79 Å². The minimum absolute atomic E-state index is 0.170. The number of aromatic nitrogens is 2. The van der Waals surface area contributed by atoms with Crippen molar-refractivity contribution in [2.24, 2.45) is 5.92 Å². The number of thioether (sulfide) groups is 1. The molecule has 1 N–H and O–H groups in total. The smallest absolute Gasteiger partial charge is 0.330 e. The van der Waals surface area contributed by atoms with Crippen molar-refractivity contribution in [3.63, 3.8) is 0 Å². The van der Waals surface area contributed by atoms with Crippen molar-refractivity contribution in [3.8, 4) is 0 Å². The summed E-state index contributed by atoms with van der Waals surface area (Å²) >= 11 is 1.74. The van der Waals surface area contributed by atoms with Crippen LogP contribution < -0.4 is 11.2 Å². The second kappa shape index (κ2) is 5.32. The summed E-state index contributed by atoms with van der Waals surface area (Å²) in [6, 6.07) is 0. The van der Waals surface area contributed by atoms with Crippen LogP contribution in [0.25, 0.3) is 0 Å². The maximum absolute atomic E-state index is 11.8. The topological polar surface area (TPSA) is 64.1 Å². The van der Waals surface area contributed by atoms with Gasteiger partial charge in [0.05, 0.1) is 6.10 Å². The van der Waals surface area contributed by atoms with E-state index in [0.29, 0.717) is 11.5 Å². The van der Waals surface area contributed by atoms with Gasteiger partial charge < -0.3 is 4.74 Å². The fourth-order valence-corrected chi connectivity index (χ4v) is 2.94. The summed E-state index contributed by atoms with van der Waals surface area (Å²) in [6.45, 7) is 3.82. The first-order valence-corrected chi connectivity index (χ1v) is 7.38. The summed E-state index contributed by atoms with van der Waals surface area (Å²) in [4.78, 5) is 25.4. The second-order valence-corrected chi connectivity index (χ2v) is 5.69. The highest BCUT2D eigenvalue weighted by molar-refractivity contribution is 7.98. The summed E-state index contributed by atoms with van der Waals surface area (Å²) < 4.78 is 7.39. The molecule has 1 aliphatic rings. The van der Waals surface area contributed by atoms with Crippen molar-refractivity contribution in [2.75, 3.05) is 12.0 Å². The van der Waals surface area contributed by atoms with Gasteiger partial charge in [0.25, 0.3) is 5.56 Å². The van der Waals surface area contributed by atoms with Gasteiger partial charge in [-0.2, -0.15) is 11.8 Å². The van der Waals surface area contributed by atoms with Crippen LogP contribution in [0.5, 0.6) is 0 Å². The van der Waals surface area contributed by atoms with Gasteiger partial charge in [0.1, 0.15) is 6.23 Å². The van der Waals surface area contributed by atoms with Gasteiger partial charge in [-0.05, 0) is 25.5 Å². The second-order valence-electron chi connectivity index (χ2n) is 4.78. The molecule has 0 unspecified atom stereocenters. The number of hydrogen-bond donors (Lipinski definition) is 1. The number of nitrogens with one attached hydrogen (secondary N) is 1. The molecule has 1 fully saturated rings. The molecule has 0 amide bonds. The molecule has 0 spiro atoms. The van der Waals surface area contributed by atoms with Crippen LogP contribution in [-0.2, 0) is 4.74 Å². The maximum Gasteiger partial charge on any atom is 0.330 e. The van der Waals surface area contributed by atoms with Crippen molar-refractivity contribution in [2.45, 2.75) is 32.6 Å². The summed E-state index contributed by atoms with van der Waals surface area (Å²) in [6.07, 6.45) is 4.33. The Hall–Kier alpha value is -1.01. The molecule has 2 heterocycles. The molecule has 0 radical (unpaired) electrons. The van der Waals surface area contributed by atoms with Crippen molar-refractivity contribution in [1.82, 2.24) is 9.55 Å².